The minimum absolute atomic E-state index is 0.357. The van der Waals surface area contributed by atoms with Gasteiger partial charge in [0.15, 0.2) is 0 Å². The molecule has 1 aromatic heterocycles. The number of fused-ring (bicyclic) bond motifs is 1. The monoisotopic (exact) mass is 228 g/mol. The predicted molar refractivity (Wildman–Crippen MR) is 62.5 cm³/mol. The molecule has 0 spiro atoms. The van der Waals surface area contributed by atoms with Crippen LogP contribution in [0.15, 0.2) is 27.3 Å². The number of rotatable bonds is 1. The molecule has 0 aliphatic carbocycles. The van der Waals surface area contributed by atoms with Crippen LogP contribution in [0.2, 0.25) is 0 Å². The number of hydrogen-bond donors (Lipinski definition) is 2. The van der Waals surface area contributed by atoms with E-state index in [1.807, 2.05) is 17.7 Å². The summed E-state index contributed by atoms with van der Waals surface area (Å²) >= 11 is 7.53. The van der Waals surface area contributed by atoms with Crippen LogP contribution in [0, 0.1) is 0 Å². The number of benzene rings is 1. The zero-order chi connectivity index (χ0) is 9.42. The van der Waals surface area contributed by atoms with Crippen LogP contribution in [-0.2, 0) is 0 Å². The van der Waals surface area contributed by atoms with Crippen molar-refractivity contribution in [3.05, 3.63) is 17.5 Å². The van der Waals surface area contributed by atoms with Crippen LogP contribution in [0.3, 0.4) is 0 Å². The molecule has 1 aromatic carbocycles. The molecule has 68 valence electrons. The molecule has 2 aromatic rings. The summed E-state index contributed by atoms with van der Waals surface area (Å²) in [7, 11) is 0. The zero-order valence-electron chi connectivity index (χ0n) is 6.94. The Labute approximate surface area is 90.2 Å². The topological polar surface area (TPSA) is 20.2 Å². The highest BCUT2D eigenvalue weighted by Crippen LogP contribution is 2.40. The minimum atomic E-state index is 0.357. The quantitative estimate of drug-likeness (QED) is 0.574. The number of phenolic OH excluding ortho intramolecular Hbond substituents is 1. The number of phenols is 1. The first-order valence-electron chi connectivity index (χ1n) is 3.70. The first kappa shape index (κ1) is 9.24. The molecule has 0 fully saturated rings. The van der Waals surface area contributed by atoms with Crippen molar-refractivity contribution < 1.29 is 5.11 Å². The highest BCUT2D eigenvalue weighted by Gasteiger charge is 2.08. The number of thioether (sulfide) groups is 1. The van der Waals surface area contributed by atoms with Gasteiger partial charge in [0, 0.05) is 15.7 Å². The molecule has 0 saturated carbocycles. The molecule has 0 saturated heterocycles. The van der Waals surface area contributed by atoms with E-state index in [2.05, 4.69) is 12.6 Å². The molecule has 0 radical (unpaired) electrons. The third-order valence-corrected chi connectivity index (χ3v) is 4.37. The van der Waals surface area contributed by atoms with E-state index in [0.717, 1.165) is 19.9 Å². The molecule has 1 heterocycles. The van der Waals surface area contributed by atoms with E-state index in [4.69, 9.17) is 0 Å². The van der Waals surface area contributed by atoms with Crippen LogP contribution in [0.5, 0.6) is 5.75 Å². The molecule has 13 heavy (non-hydrogen) atoms. The van der Waals surface area contributed by atoms with Gasteiger partial charge in [-0.2, -0.15) is 0 Å². The Hall–Kier alpha value is -0.320. The van der Waals surface area contributed by atoms with E-state index >= 15 is 0 Å². The third-order valence-electron chi connectivity index (χ3n) is 1.86. The molecule has 0 amide bonds. The molecule has 1 N–H and O–H groups in total. The second-order valence-electron chi connectivity index (χ2n) is 2.62. The van der Waals surface area contributed by atoms with Crippen molar-refractivity contribution in [1.82, 2.24) is 0 Å². The summed E-state index contributed by atoms with van der Waals surface area (Å²) in [6.45, 7) is 0. The maximum atomic E-state index is 9.58. The minimum Gasteiger partial charge on any atom is -0.507 e. The average Bonchev–Trinajstić information content (AvgIpc) is 2.48. The normalized spacial score (nSPS) is 10.9. The second kappa shape index (κ2) is 3.44. The third kappa shape index (κ3) is 1.43. The van der Waals surface area contributed by atoms with E-state index in [0.29, 0.717) is 5.75 Å². The summed E-state index contributed by atoms with van der Waals surface area (Å²) in [5.41, 5.74) is 0. The van der Waals surface area contributed by atoms with Gasteiger partial charge >= 0.3 is 0 Å². The molecule has 4 heteroatoms. The van der Waals surface area contributed by atoms with Crippen LogP contribution >= 0.6 is 35.7 Å². The summed E-state index contributed by atoms with van der Waals surface area (Å²) in [5.74, 6) is 0.357. The number of aromatic hydroxyl groups is 1. The van der Waals surface area contributed by atoms with Gasteiger partial charge in [-0.15, -0.1) is 35.7 Å². The van der Waals surface area contributed by atoms with Crippen LogP contribution in [0.25, 0.3) is 10.1 Å². The average molecular weight is 228 g/mol. The van der Waals surface area contributed by atoms with Crippen molar-refractivity contribution in [2.75, 3.05) is 6.26 Å². The molecule has 0 aliphatic heterocycles. The number of hydrogen-bond acceptors (Lipinski definition) is 4. The Morgan fingerprint density at radius 1 is 1.46 bits per heavy atom. The fraction of sp³-hybridized carbons (Fsp3) is 0.111. The molecule has 2 rings (SSSR count). The Morgan fingerprint density at radius 3 is 2.92 bits per heavy atom. The highest BCUT2D eigenvalue weighted by atomic mass is 32.2. The molecule has 1 nitrogen and oxygen atoms in total. The molecule has 0 unspecified atom stereocenters. The van der Waals surface area contributed by atoms with E-state index in [-0.39, 0.29) is 0 Å². The summed E-state index contributed by atoms with van der Waals surface area (Å²) in [5, 5.41) is 12.7. The van der Waals surface area contributed by atoms with Crippen LogP contribution in [-0.4, -0.2) is 11.4 Å². The first-order chi connectivity index (χ1) is 6.24. The molecular formula is C9H8OS3. The Morgan fingerprint density at radius 2 is 2.23 bits per heavy atom. The van der Waals surface area contributed by atoms with E-state index in [1.165, 1.54) is 0 Å². The van der Waals surface area contributed by atoms with Crippen molar-refractivity contribution >= 4 is 45.8 Å². The smallest absolute Gasteiger partial charge is 0.130 e. The second-order valence-corrected chi connectivity index (χ2v) is 4.79. The Kier molecular flexibility index (Phi) is 2.45. The largest absolute Gasteiger partial charge is 0.507 e. The van der Waals surface area contributed by atoms with Gasteiger partial charge in [-0.3, -0.25) is 0 Å². The summed E-state index contributed by atoms with van der Waals surface area (Å²) in [6, 6.07) is 3.63. The van der Waals surface area contributed by atoms with Gasteiger partial charge in [-0.1, -0.05) is 0 Å². The Bertz CT molecular complexity index is 447. The van der Waals surface area contributed by atoms with Crippen LogP contribution in [0.4, 0.5) is 0 Å². The lowest BCUT2D eigenvalue weighted by atomic mass is 10.2. The van der Waals surface area contributed by atoms with Gasteiger partial charge in [-0.05, 0) is 18.4 Å². The molecular weight excluding hydrogens is 220 g/mol. The van der Waals surface area contributed by atoms with Gasteiger partial charge in [0.1, 0.15) is 5.75 Å². The number of thiol groups is 1. The fourth-order valence-corrected chi connectivity index (χ4v) is 3.51. The van der Waals surface area contributed by atoms with Gasteiger partial charge in [0.05, 0.1) is 9.60 Å². The lowest BCUT2D eigenvalue weighted by Crippen LogP contribution is -1.73. The fourth-order valence-electron chi connectivity index (χ4n) is 1.25. The van der Waals surface area contributed by atoms with Crippen LogP contribution in [0.1, 0.15) is 0 Å². The molecule has 0 aliphatic rings. The van der Waals surface area contributed by atoms with Crippen LogP contribution < -0.4 is 0 Å². The maximum absolute atomic E-state index is 9.58. The van der Waals surface area contributed by atoms with Crippen molar-refractivity contribution in [3.63, 3.8) is 0 Å². The standard InChI is InChI=1S/C9H8OS3/c1-12-9-6(10)3-2-5-7(11)4-13-8(5)9/h2-4,10-11H,1H3. The summed E-state index contributed by atoms with van der Waals surface area (Å²) in [6.07, 6.45) is 1.96. The Balaban J connectivity index is 2.85. The summed E-state index contributed by atoms with van der Waals surface area (Å²) < 4.78 is 1.12. The maximum Gasteiger partial charge on any atom is 0.130 e. The number of thiophene rings is 1. The van der Waals surface area contributed by atoms with Gasteiger partial charge in [0.2, 0.25) is 0 Å². The van der Waals surface area contributed by atoms with Gasteiger partial charge in [0.25, 0.3) is 0 Å². The molecule has 0 atom stereocenters. The molecule has 0 bridgehead atoms. The van der Waals surface area contributed by atoms with Gasteiger partial charge in [-0.25, -0.2) is 0 Å². The lowest BCUT2D eigenvalue weighted by molar-refractivity contribution is 0.464. The first-order valence-corrected chi connectivity index (χ1v) is 6.25. The highest BCUT2D eigenvalue weighted by molar-refractivity contribution is 7.99. The van der Waals surface area contributed by atoms with Crippen molar-refractivity contribution in [3.8, 4) is 5.75 Å². The predicted octanol–water partition coefficient (Wildman–Crippen LogP) is 3.62. The lowest BCUT2D eigenvalue weighted by Gasteiger charge is -2.01. The zero-order valence-corrected chi connectivity index (χ0v) is 9.47. The van der Waals surface area contributed by atoms with Gasteiger partial charge < -0.3 is 5.11 Å². The van der Waals surface area contributed by atoms with E-state index in [1.54, 1.807) is 29.2 Å². The summed E-state index contributed by atoms with van der Waals surface area (Å²) in [4.78, 5) is 1.93. The van der Waals surface area contributed by atoms with E-state index in [9.17, 15) is 5.11 Å². The van der Waals surface area contributed by atoms with Crippen molar-refractivity contribution in [2.45, 2.75) is 9.79 Å². The van der Waals surface area contributed by atoms with E-state index < -0.39 is 0 Å². The van der Waals surface area contributed by atoms with Crippen molar-refractivity contribution in [1.29, 1.82) is 0 Å². The SMILES string of the molecule is CSc1c(O)ccc2c(S)csc12. The van der Waals surface area contributed by atoms with Crippen molar-refractivity contribution in [2.24, 2.45) is 0 Å².